The van der Waals surface area contributed by atoms with Gasteiger partial charge in [-0.15, -0.1) is 0 Å². The van der Waals surface area contributed by atoms with Gasteiger partial charge in [0.1, 0.15) is 13.2 Å². The maximum absolute atomic E-state index is 12.1. The minimum absolute atomic E-state index is 0.00563. The number of alkyl carbamates (subject to hydrolysis) is 1. The van der Waals surface area contributed by atoms with E-state index in [4.69, 9.17) is 9.84 Å². The highest BCUT2D eigenvalue weighted by Gasteiger charge is 2.28. The third-order valence-corrected chi connectivity index (χ3v) is 5.93. The zero-order valence-corrected chi connectivity index (χ0v) is 18.7. The van der Waals surface area contributed by atoms with E-state index >= 15 is 0 Å². The maximum Gasteiger partial charge on any atom is 0.407 e. The van der Waals surface area contributed by atoms with Crippen LogP contribution in [-0.4, -0.2) is 66.7 Å². The number of carbonyl (C=O) groups is 4. The lowest BCUT2D eigenvalue weighted by atomic mass is 9.98. The molecular formula is C23H25N3O6S. The molecule has 10 heteroatoms. The average Bonchev–Trinajstić information content (AvgIpc) is 3.13. The fourth-order valence-electron chi connectivity index (χ4n) is 3.51. The van der Waals surface area contributed by atoms with E-state index < -0.39 is 24.5 Å². The van der Waals surface area contributed by atoms with E-state index in [9.17, 15) is 19.2 Å². The van der Waals surface area contributed by atoms with E-state index in [1.807, 2.05) is 24.3 Å². The zero-order chi connectivity index (χ0) is 23.6. The summed E-state index contributed by atoms with van der Waals surface area (Å²) in [5, 5.41) is 15.7. The quantitative estimate of drug-likeness (QED) is 0.366. The minimum Gasteiger partial charge on any atom is -0.480 e. The van der Waals surface area contributed by atoms with Gasteiger partial charge in [-0.25, -0.2) is 4.79 Å². The molecule has 33 heavy (non-hydrogen) atoms. The van der Waals surface area contributed by atoms with Crippen molar-refractivity contribution in [3.05, 3.63) is 59.7 Å². The van der Waals surface area contributed by atoms with Gasteiger partial charge in [-0.05, 0) is 22.3 Å². The molecule has 0 saturated heterocycles. The largest absolute Gasteiger partial charge is 0.480 e. The first-order chi connectivity index (χ1) is 16.0. The van der Waals surface area contributed by atoms with Crippen LogP contribution in [0.5, 0.6) is 0 Å². The van der Waals surface area contributed by atoms with Crippen LogP contribution in [0, 0.1) is 0 Å². The Morgan fingerprint density at radius 2 is 1.45 bits per heavy atom. The fourth-order valence-corrected chi connectivity index (χ4v) is 4.18. The van der Waals surface area contributed by atoms with Crippen LogP contribution in [-0.2, 0) is 19.1 Å². The molecule has 1 aliphatic carbocycles. The summed E-state index contributed by atoms with van der Waals surface area (Å²) < 4.78 is 5.45. The smallest absolute Gasteiger partial charge is 0.407 e. The molecular weight excluding hydrogens is 446 g/mol. The molecule has 1 aliphatic rings. The number of ether oxygens (including phenoxy) is 1. The molecule has 0 fully saturated rings. The van der Waals surface area contributed by atoms with E-state index in [0.29, 0.717) is 12.3 Å². The molecule has 0 unspecified atom stereocenters. The summed E-state index contributed by atoms with van der Waals surface area (Å²) in [5.41, 5.74) is 4.61. The average molecular weight is 472 g/mol. The van der Waals surface area contributed by atoms with Crippen LogP contribution in [0.25, 0.3) is 11.1 Å². The van der Waals surface area contributed by atoms with Gasteiger partial charge in [-0.3, -0.25) is 14.4 Å². The Hall–Kier alpha value is -3.53. The van der Waals surface area contributed by atoms with E-state index in [0.717, 1.165) is 22.3 Å². The Kier molecular flexibility index (Phi) is 8.71. The maximum atomic E-state index is 12.1. The summed E-state index contributed by atoms with van der Waals surface area (Å²) in [6, 6.07) is 16.2. The van der Waals surface area contributed by atoms with Crippen LogP contribution >= 0.6 is 11.8 Å². The summed E-state index contributed by atoms with van der Waals surface area (Å²) in [4.78, 5) is 45.5. The van der Waals surface area contributed by atoms with Crippen LogP contribution < -0.4 is 16.0 Å². The van der Waals surface area contributed by atoms with Crippen molar-refractivity contribution in [1.82, 2.24) is 16.0 Å². The van der Waals surface area contributed by atoms with Crippen LogP contribution in [0.4, 0.5) is 4.79 Å². The normalized spacial score (nSPS) is 11.8. The Morgan fingerprint density at radius 1 is 0.848 bits per heavy atom. The van der Waals surface area contributed by atoms with Gasteiger partial charge in [0.25, 0.3) is 0 Å². The number of thioether (sulfide) groups is 1. The third-order valence-electron chi connectivity index (χ3n) is 4.98. The highest BCUT2D eigenvalue weighted by atomic mass is 32.2. The predicted octanol–water partition coefficient (Wildman–Crippen LogP) is 1.58. The zero-order valence-electron chi connectivity index (χ0n) is 17.8. The first-order valence-electron chi connectivity index (χ1n) is 10.4. The molecule has 0 saturated carbocycles. The highest BCUT2D eigenvalue weighted by molar-refractivity contribution is 7.99. The lowest BCUT2D eigenvalue weighted by Crippen LogP contribution is -2.39. The van der Waals surface area contributed by atoms with E-state index in [1.165, 1.54) is 11.8 Å². The van der Waals surface area contributed by atoms with Gasteiger partial charge in [-0.2, -0.15) is 11.8 Å². The molecule has 9 nitrogen and oxygen atoms in total. The van der Waals surface area contributed by atoms with Crippen LogP contribution in [0.3, 0.4) is 0 Å². The van der Waals surface area contributed by atoms with Gasteiger partial charge in [0, 0.05) is 18.2 Å². The van der Waals surface area contributed by atoms with Gasteiger partial charge < -0.3 is 25.8 Å². The Labute approximate surface area is 195 Å². The van der Waals surface area contributed by atoms with Crippen molar-refractivity contribution >= 4 is 35.6 Å². The molecule has 0 aliphatic heterocycles. The molecule has 3 rings (SSSR count). The number of rotatable bonds is 11. The Bertz CT molecular complexity index is 983. The SMILES string of the molecule is O=C(O)CNC(=O)CNC(=O)CSCCNC(=O)OCC1c2ccccc2-c2ccccc21. The van der Waals surface area contributed by atoms with E-state index in [1.54, 1.807) is 0 Å². The number of nitrogens with one attached hydrogen (secondary N) is 3. The fraction of sp³-hybridized carbons (Fsp3) is 0.304. The first kappa shape index (κ1) is 24.1. The van der Waals surface area contributed by atoms with Gasteiger partial charge in [0.2, 0.25) is 11.8 Å². The number of benzene rings is 2. The second-order valence-electron chi connectivity index (χ2n) is 7.25. The van der Waals surface area contributed by atoms with Crippen LogP contribution in [0.1, 0.15) is 17.0 Å². The molecule has 3 amide bonds. The number of hydrogen-bond donors (Lipinski definition) is 4. The van der Waals surface area contributed by atoms with Crippen molar-refractivity contribution in [2.75, 3.05) is 37.7 Å². The molecule has 2 aromatic rings. The van der Waals surface area contributed by atoms with Crippen LogP contribution in [0.15, 0.2) is 48.5 Å². The molecule has 174 valence electrons. The molecule has 0 spiro atoms. The molecule has 0 atom stereocenters. The topological polar surface area (TPSA) is 134 Å². The van der Waals surface area contributed by atoms with Crippen molar-refractivity contribution in [1.29, 1.82) is 0 Å². The number of hydrogen-bond acceptors (Lipinski definition) is 6. The number of carboxylic acid groups (broad SMARTS) is 1. The number of carbonyl (C=O) groups excluding carboxylic acids is 3. The summed E-state index contributed by atoms with van der Waals surface area (Å²) >= 11 is 1.29. The van der Waals surface area contributed by atoms with Crippen molar-refractivity contribution in [3.8, 4) is 11.1 Å². The number of fused-ring (bicyclic) bond motifs is 3. The summed E-state index contributed by atoms with van der Waals surface area (Å²) in [6.07, 6.45) is -0.517. The predicted molar refractivity (Wildman–Crippen MR) is 124 cm³/mol. The van der Waals surface area contributed by atoms with Crippen LogP contribution in [0.2, 0.25) is 0 Å². The summed E-state index contributed by atoms with van der Waals surface area (Å²) in [7, 11) is 0. The Morgan fingerprint density at radius 3 is 2.09 bits per heavy atom. The number of carboxylic acids is 1. The number of amides is 3. The molecule has 4 N–H and O–H groups in total. The van der Waals surface area contributed by atoms with Gasteiger partial charge in [0.15, 0.2) is 0 Å². The summed E-state index contributed by atoms with van der Waals surface area (Å²) in [6.45, 7) is -0.220. The molecule has 2 aromatic carbocycles. The molecule has 0 radical (unpaired) electrons. The summed E-state index contributed by atoms with van der Waals surface area (Å²) in [5.74, 6) is -1.50. The van der Waals surface area contributed by atoms with E-state index in [2.05, 4.69) is 40.2 Å². The van der Waals surface area contributed by atoms with Gasteiger partial charge in [-0.1, -0.05) is 48.5 Å². The molecule has 0 heterocycles. The first-order valence-corrected chi connectivity index (χ1v) is 11.5. The lowest BCUT2D eigenvalue weighted by Gasteiger charge is -2.14. The third kappa shape index (κ3) is 6.98. The Balaban J connectivity index is 1.31. The number of aliphatic carboxylic acids is 1. The van der Waals surface area contributed by atoms with Gasteiger partial charge in [0.05, 0.1) is 12.3 Å². The van der Waals surface area contributed by atoms with Crippen molar-refractivity contribution < 1.29 is 29.0 Å². The lowest BCUT2D eigenvalue weighted by molar-refractivity contribution is -0.137. The molecule has 0 bridgehead atoms. The second kappa shape index (κ2) is 11.9. The van der Waals surface area contributed by atoms with Gasteiger partial charge >= 0.3 is 12.1 Å². The van der Waals surface area contributed by atoms with E-state index in [-0.39, 0.29) is 30.7 Å². The highest BCUT2D eigenvalue weighted by Crippen LogP contribution is 2.44. The standard InChI is InChI=1S/C23H25N3O6S/c27-20(26-12-22(29)30)11-25-21(28)14-33-10-9-24-23(31)32-13-19-17-7-3-1-5-15(17)16-6-2-4-8-18(16)19/h1-8,19H,9-14H2,(H,24,31)(H,25,28)(H,26,27)(H,29,30). The second-order valence-corrected chi connectivity index (χ2v) is 8.36. The van der Waals surface area contributed by atoms with Crippen molar-refractivity contribution in [2.24, 2.45) is 0 Å². The monoisotopic (exact) mass is 471 g/mol. The van der Waals surface area contributed by atoms with Crippen molar-refractivity contribution in [3.63, 3.8) is 0 Å². The molecule has 0 aromatic heterocycles. The minimum atomic E-state index is -1.16. The van der Waals surface area contributed by atoms with Crippen molar-refractivity contribution in [2.45, 2.75) is 5.92 Å².